The van der Waals surface area contributed by atoms with Gasteiger partial charge in [0.15, 0.2) is 0 Å². The summed E-state index contributed by atoms with van der Waals surface area (Å²) in [5.74, 6) is 0.163. The molecule has 0 aliphatic carbocycles. The topological polar surface area (TPSA) is 76.0 Å². The van der Waals surface area contributed by atoms with E-state index in [1.54, 1.807) is 29.1 Å². The summed E-state index contributed by atoms with van der Waals surface area (Å²) >= 11 is 6.13. The van der Waals surface area contributed by atoms with Crippen LogP contribution < -0.4 is 10.6 Å². The fourth-order valence-electron chi connectivity index (χ4n) is 3.48. The highest BCUT2D eigenvalue weighted by atomic mass is 35.5. The number of nitrogens with one attached hydrogen (secondary N) is 2. The van der Waals surface area contributed by atoms with Crippen molar-refractivity contribution < 1.29 is 9.59 Å². The summed E-state index contributed by atoms with van der Waals surface area (Å²) in [4.78, 5) is 25.2. The number of nitrogens with zero attached hydrogens (tertiary/aromatic N) is 2. The molecule has 2 amide bonds. The smallest absolute Gasteiger partial charge is 0.240 e. The zero-order chi connectivity index (χ0) is 16.4. The molecule has 6 nitrogen and oxygen atoms in total. The Labute approximate surface area is 137 Å². The van der Waals surface area contributed by atoms with Gasteiger partial charge in [-0.3, -0.25) is 9.59 Å². The molecule has 1 unspecified atom stereocenters. The molecule has 0 saturated carbocycles. The summed E-state index contributed by atoms with van der Waals surface area (Å²) in [5, 5.41) is 10.6. The summed E-state index contributed by atoms with van der Waals surface area (Å²) in [6.45, 7) is 3.94. The molecule has 0 fully saturated rings. The lowest BCUT2D eigenvalue weighted by Gasteiger charge is -2.32. The van der Waals surface area contributed by atoms with Crippen LogP contribution in [0.1, 0.15) is 37.4 Å². The zero-order valence-electron chi connectivity index (χ0n) is 12.7. The molecule has 2 N–H and O–H groups in total. The van der Waals surface area contributed by atoms with E-state index in [1.807, 2.05) is 13.8 Å². The van der Waals surface area contributed by atoms with Crippen LogP contribution in [0.4, 0.5) is 11.5 Å². The van der Waals surface area contributed by atoms with Gasteiger partial charge in [-0.1, -0.05) is 11.6 Å². The SMILES string of the molecule is CC(C)n1ncc2c1NC(=O)CC21C(=O)Nc2ccc(Cl)cc21. The maximum absolute atomic E-state index is 12.8. The molecule has 0 bridgehead atoms. The second-order valence-electron chi connectivity index (χ2n) is 6.22. The molecule has 4 rings (SSSR count). The Kier molecular flexibility index (Phi) is 2.84. The predicted molar refractivity (Wildman–Crippen MR) is 86.7 cm³/mol. The lowest BCUT2D eigenvalue weighted by atomic mass is 9.72. The number of rotatable bonds is 1. The molecule has 1 atom stereocenters. The molecule has 2 aliphatic rings. The minimum absolute atomic E-state index is 0.0446. The van der Waals surface area contributed by atoms with E-state index in [4.69, 9.17) is 11.6 Å². The van der Waals surface area contributed by atoms with E-state index in [0.29, 0.717) is 22.1 Å². The van der Waals surface area contributed by atoms with Gasteiger partial charge in [-0.15, -0.1) is 0 Å². The first-order valence-corrected chi connectivity index (χ1v) is 7.80. The minimum atomic E-state index is -1.06. The van der Waals surface area contributed by atoms with E-state index in [1.165, 1.54) is 0 Å². The van der Waals surface area contributed by atoms with Gasteiger partial charge in [0.25, 0.3) is 0 Å². The van der Waals surface area contributed by atoms with Gasteiger partial charge in [-0.2, -0.15) is 5.10 Å². The van der Waals surface area contributed by atoms with Gasteiger partial charge in [-0.05, 0) is 37.6 Å². The van der Waals surface area contributed by atoms with Gasteiger partial charge in [-0.25, -0.2) is 4.68 Å². The van der Waals surface area contributed by atoms with Crippen LogP contribution in [0.2, 0.25) is 5.02 Å². The number of benzene rings is 1. The monoisotopic (exact) mass is 330 g/mol. The van der Waals surface area contributed by atoms with E-state index in [0.717, 1.165) is 5.56 Å². The van der Waals surface area contributed by atoms with Gasteiger partial charge >= 0.3 is 0 Å². The second-order valence-corrected chi connectivity index (χ2v) is 6.66. The van der Waals surface area contributed by atoms with Crippen LogP contribution in [0.3, 0.4) is 0 Å². The lowest BCUT2D eigenvalue weighted by Crippen LogP contribution is -2.43. The number of aromatic nitrogens is 2. The summed E-state index contributed by atoms with van der Waals surface area (Å²) in [6.07, 6.45) is 1.72. The van der Waals surface area contributed by atoms with Gasteiger partial charge in [0, 0.05) is 28.7 Å². The number of anilines is 2. The van der Waals surface area contributed by atoms with Crippen molar-refractivity contribution >= 4 is 34.9 Å². The van der Waals surface area contributed by atoms with E-state index >= 15 is 0 Å². The maximum atomic E-state index is 12.8. The highest BCUT2D eigenvalue weighted by Crippen LogP contribution is 2.50. The average molecular weight is 331 g/mol. The highest BCUT2D eigenvalue weighted by Gasteiger charge is 2.54. The Morgan fingerprint density at radius 3 is 2.78 bits per heavy atom. The fourth-order valence-corrected chi connectivity index (χ4v) is 3.65. The van der Waals surface area contributed by atoms with Crippen molar-refractivity contribution in [2.45, 2.75) is 31.7 Å². The molecule has 1 aromatic heterocycles. The molecule has 7 heteroatoms. The largest absolute Gasteiger partial charge is 0.325 e. The molecule has 0 radical (unpaired) electrons. The van der Waals surface area contributed by atoms with E-state index in [-0.39, 0.29) is 24.3 Å². The standard InChI is InChI=1S/C16H15ClN4O2/c1-8(2)21-14-11(7-18-21)16(6-13(22)20-14)10-5-9(17)3-4-12(10)19-15(16)23/h3-5,7-8H,6H2,1-2H3,(H,19,23)(H,20,22). The maximum Gasteiger partial charge on any atom is 0.240 e. The van der Waals surface area contributed by atoms with Crippen LogP contribution >= 0.6 is 11.6 Å². The summed E-state index contributed by atoms with van der Waals surface area (Å²) in [5.41, 5.74) is 1.07. The quantitative estimate of drug-likeness (QED) is 0.844. The van der Waals surface area contributed by atoms with E-state index in [2.05, 4.69) is 15.7 Å². The van der Waals surface area contributed by atoms with E-state index in [9.17, 15) is 9.59 Å². The number of hydrogen-bond donors (Lipinski definition) is 2. The first kappa shape index (κ1) is 14.3. The van der Waals surface area contributed by atoms with Crippen LogP contribution in [0.25, 0.3) is 0 Å². The Morgan fingerprint density at radius 2 is 2.04 bits per heavy atom. The molecule has 2 aromatic rings. The van der Waals surface area contributed by atoms with Crippen LogP contribution in [0.5, 0.6) is 0 Å². The molecule has 23 heavy (non-hydrogen) atoms. The summed E-state index contributed by atoms with van der Waals surface area (Å²) in [6, 6.07) is 5.31. The Balaban J connectivity index is 2.02. The van der Waals surface area contributed by atoms with Crippen LogP contribution in [-0.4, -0.2) is 21.6 Å². The molecule has 3 heterocycles. The first-order chi connectivity index (χ1) is 10.9. The third kappa shape index (κ3) is 1.78. The molecular weight excluding hydrogens is 316 g/mol. The number of fused-ring (bicyclic) bond motifs is 4. The Hall–Kier alpha value is -2.34. The predicted octanol–water partition coefficient (Wildman–Crippen LogP) is 2.70. The minimum Gasteiger partial charge on any atom is -0.325 e. The van der Waals surface area contributed by atoms with Crippen molar-refractivity contribution in [1.82, 2.24) is 9.78 Å². The fraction of sp³-hybridized carbons (Fsp3) is 0.312. The van der Waals surface area contributed by atoms with Crippen molar-refractivity contribution in [2.75, 3.05) is 10.6 Å². The third-order valence-corrected chi connectivity index (χ3v) is 4.74. The first-order valence-electron chi connectivity index (χ1n) is 7.43. The van der Waals surface area contributed by atoms with Crippen LogP contribution in [0, 0.1) is 0 Å². The highest BCUT2D eigenvalue weighted by molar-refractivity contribution is 6.31. The lowest BCUT2D eigenvalue weighted by molar-refractivity contribution is -0.125. The van der Waals surface area contributed by atoms with Crippen molar-refractivity contribution in [2.24, 2.45) is 0 Å². The number of halogens is 1. The molecule has 0 saturated heterocycles. The zero-order valence-corrected chi connectivity index (χ0v) is 13.4. The van der Waals surface area contributed by atoms with Crippen molar-refractivity contribution in [3.8, 4) is 0 Å². The molecule has 1 aromatic carbocycles. The molecule has 1 spiro atoms. The van der Waals surface area contributed by atoms with Crippen LogP contribution in [-0.2, 0) is 15.0 Å². The Morgan fingerprint density at radius 1 is 1.26 bits per heavy atom. The summed E-state index contributed by atoms with van der Waals surface area (Å²) in [7, 11) is 0. The number of carbonyl (C=O) groups excluding carboxylic acids is 2. The Bertz CT molecular complexity index is 858. The normalized spacial score (nSPS) is 22.1. The van der Waals surface area contributed by atoms with Crippen LogP contribution in [0.15, 0.2) is 24.4 Å². The average Bonchev–Trinajstić information content (AvgIpc) is 3.01. The number of hydrogen-bond acceptors (Lipinski definition) is 3. The van der Waals surface area contributed by atoms with Gasteiger partial charge < -0.3 is 10.6 Å². The molecular formula is C16H15ClN4O2. The second kappa shape index (κ2) is 4.58. The van der Waals surface area contributed by atoms with Crippen molar-refractivity contribution in [3.63, 3.8) is 0 Å². The van der Waals surface area contributed by atoms with Crippen molar-refractivity contribution in [1.29, 1.82) is 0 Å². The molecule has 2 aliphatic heterocycles. The third-order valence-electron chi connectivity index (χ3n) is 4.51. The van der Waals surface area contributed by atoms with Crippen molar-refractivity contribution in [3.05, 3.63) is 40.5 Å². The van der Waals surface area contributed by atoms with Gasteiger partial charge in [0.2, 0.25) is 11.8 Å². The number of carbonyl (C=O) groups is 2. The van der Waals surface area contributed by atoms with Gasteiger partial charge in [0.05, 0.1) is 6.20 Å². The molecule has 118 valence electrons. The summed E-state index contributed by atoms with van der Waals surface area (Å²) < 4.78 is 1.73. The van der Waals surface area contributed by atoms with Gasteiger partial charge in [0.1, 0.15) is 11.2 Å². The van der Waals surface area contributed by atoms with E-state index < -0.39 is 5.41 Å². The number of amides is 2.